The fraction of sp³-hybridized carbons (Fsp3) is 0. The Kier molecular flexibility index (Phi) is 3.23. The van der Waals surface area contributed by atoms with E-state index >= 15 is 0 Å². The maximum Gasteiger partial charge on any atom is 0.417 e. The normalized spacial score (nSPS) is 10.8. The Morgan fingerprint density at radius 2 is 2.05 bits per heavy atom. The van der Waals surface area contributed by atoms with Gasteiger partial charge >= 0.3 is 5.76 Å². The zero-order chi connectivity index (χ0) is 15.0. The largest absolute Gasteiger partial charge is 0.417 e. The number of hydrogen-bond acceptors (Lipinski definition) is 3. The van der Waals surface area contributed by atoms with Crippen LogP contribution in [-0.4, -0.2) is 10.9 Å². The fourth-order valence-corrected chi connectivity index (χ4v) is 2.04. The van der Waals surface area contributed by atoms with Gasteiger partial charge in [0, 0.05) is 11.3 Å². The summed E-state index contributed by atoms with van der Waals surface area (Å²) in [6.45, 7) is 0. The number of carbonyl (C=O) groups excluding carboxylic acids is 1. The quantitative estimate of drug-likeness (QED) is 0.763. The molecule has 3 aromatic rings. The summed E-state index contributed by atoms with van der Waals surface area (Å²) in [6.07, 6.45) is 0. The number of benzene rings is 2. The molecule has 21 heavy (non-hydrogen) atoms. The van der Waals surface area contributed by atoms with Crippen molar-refractivity contribution in [2.75, 3.05) is 5.32 Å². The number of rotatable bonds is 2. The van der Waals surface area contributed by atoms with E-state index in [0.717, 1.165) is 6.07 Å². The van der Waals surface area contributed by atoms with Crippen molar-refractivity contribution in [1.82, 2.24) is 4.98 Å². The van der Waals surface area contributed by atoms with Gasteiger partial charge in [0.05, 0.1) is 10.5 Å². The molecule has 2 N–H and O–H groups in total. The molecule has 0 aliphatic rings. The van der Waals surface area contributed by atoms with Gasteiger partial charge in [-0.1, -0.05) is 11.6 Å². The first kappa shape index (κ1) is 13.4. The van der Waals surface area contributed by atoms with Crippen LogP contribution in [0.25, 0.3) is 11.1 Å². The highest BCUT2D eigenvalue weighted by Crippen LogP contribution is 2.20. The number of amides is 1. The van der Waals surface area contributed by atoms with Gasteiger partial charge in [-0.2, -0.15) is 0 Å². The number of anilines is 1. The fourth-order valence-electron chi connectivity index (χ4n) is 1.86. The lowest BCUT2D eigenvalue weighted by Crippen LogP contribution is -2.11. The van der Waals surface area contributed by atoms with Crippen molar-refractivity contribution in [2.45, 2.75) is 0 Å². The number of hydrogen-bond donors (Lipinski definition) is 2. The van der Waals surface area contributed by atoms with Crippen LogP contribution in [0.15, 0.2) is 45.6 Å². The molecule has 0 spiro atoms. The number of carbonyl (C=O) groups is 1. The zero-order valence-electron chi connectivity index (χ0n) is 10.4. The van der Waals surface area contributed by atoms with E-state index in [-0.39, 0.29) is 10.6 Å². The van der Waals surface area contributed by atoms with E-state index < -0.39 is 17.5 Å². The van der Waals surface area contributed by atoms with Crippen LogP contribution >= 0.6 is 11.6 Å². The molecule has 0 saturated carbocycles. The number of H-pyrrole nitrogens is 1. The summed E-state index contributed by atoms with van der Waals surface area (Å²) in [5.74, 6) is -1.58. The molecule has 0 aliphatic carbocycles. The second kappa shape index (κ2) is 5.06. The highest BCUT2D eigenvalue weighted by molar-refractivity contribution is 6.31. The Labute approximate surface area is 122 Å². The van der Waals surface area contributed by atoms with Gasteiger partial charge in [0.25, 0.3) is 5.91 Å². The monoisotopic (exact) mass is 306 g/mol. The van der Waals surface area contributed by atoms with Gasteiger partial charge in [-0.25, -0.2) is 9.18 Å². The SMILES string of the molecule is O=C(Nc1ccc(F)c(Cl)c1)c1ccc2[nH]c(=O)oc2c1. The smallest absolute Gasteiger partial charge is 0.408 e. The number of aromatic amines is 1. The minimum atomic E-state index is -0.590. The van der Waals surface area contributed by atoms with E-state index in [1.54, 1.807) is 6.07 Å². The average molecular weight is 307 g/mol. The van der Waals surface area contributed by atoms with E-state index in [9.17, 15) is 14.0 Å². The van der Waals surface area contributed by atoms with Crippen LogP contribution in [-0.2, 0) is 0 Å². The summed E-state index contributed by atoms with van der Waals surface area (Å²) in [6, 6.07) is 8.40. The first-order valence-corrected chi connectivity index (χ1v) is 6.30. The molecule has 0 fully saturated rings. The van der Waals surface area contributed by atoms with E-state index in [0.29, 0.717) is 16.8 Å². The standard InChI is InChI=1S/C14H8ClFN2O3/c15-9-6-8(2-3-10(9)16)17-13(19)7-1-4-11-12(5-7)21-14(20)18-11/h1-6H,(H,17,19)(H,18,20). The van der Waals surface area contributed by atoms with Crippen molar-refractivity contribution >= 4 is 34.3 Å². The molecule has 1 heterocycles. The lowest BCUT2D eigenvalue weighted by atomic mass is 10.2. The Morgan fingerprint density at radius 1 is 1.24 bits per heavy atom. The molecule has 0 aliphatic heterocycles. The summed E-state index contributed by atoms with van der Waals surface area (Å²) in [4.78, 5) is 25.6. The zero-order valence-corrected chi connectivity index (χ0v) is 11.2. The van der Waals surface area contributed by atoms with Crippen LogP contribution in [0.5, 0.6) is 0 Å². The van der Waals surface area contributed by atoms with Crippen LogP contribution in [0.1, 0.15) is 10.4 Å². The molecule has 0 radical (unpaired) electrons. The summed E-state index contributed by atoms with van der Waals surface area (Å²) in [5.41, 5.74) is 1.44. The van der Waals surface area contributed by atoms with Gasteiger partial charge in [-0.3, -0.25) is 9.78 Å². The van der Waals surface area contributed by atoms with Gasteiger partial charge in [0.15, 0.2) is 5.58 Å². The third-order valence-corrected chi connectivity index (χ3v) is 3.15. The van der Waals surface area contributed by atoms with Gasteiger partial charge in [0.1, 0.15) is 5.82 Å². The average Bonchev–Trinajstić information content (AvgIpc) is 2.82. The van der Waals surface area contributed by atoms with Crippen molar-refractivity contribution in [3.63, 3.8) is 0 Å². The first-order chi connectivity index (χ1) is 10.0. The molecule has 106 valence electrons. The Balaban J connectivity index is 1.89. The van der Waals surface area contributed by atoms with Gasteiger partial charge in [-0.15, -0.1) is 0 Å². The third-order valence-electron chi connectivity index (χ3n) is 2.86. The highest BCUT2D eigenvalue weighted by atomic mass is 35.5. The Hall–Kier alpha value is -2.60. The summed E-state index contributed by atoms with van der Waals surface area (Å²) < 4.78 is 17.9. The molecule has 2 aromatic carbocycles. The van der Waals surface area contributed by atoms with Crippen molar-refractivity contribution in [1.29, 1.82) is 0 Å². The molecule has 0 saturated heterocycles. The molecular weight excluding hydrogens is 299 g/mol. The second-order valence-electron chi connectivity index (χ2n) is 4.31. The summed E-state index contributed by atoms with van der Waals surface area (Å²) >= 11 is 5.64. The molecule has 0 bridgehead atoms. The topological polar surface area (TPSA) is 75.1 Å². The lowest BCUT2D eigenvalue weighted by molar-refractivity contribution is 0.102. The number of halogens is 2. The molecule has 7 heteroatoms. The van der Waals surface area contributed by atoms with Gasteiger partial charge in [0.2, 0.25) is 0 Å². The predicted molar refractivity (Wildman–Crippen MR) is 76.2 cm³/mol. The highest BCUT2D eigenvalue weighted by Gasteiger charge is 2.10. The molecule has 1 amide bonds. The van der Waals surface area contributed by atoms with Crippen LogP contribution in [0.3, 0.4) is 0 Å². The van der Waals surface area contributed by atoms with E-state index in [1.807, 2.05) is 0 Å². The number of oxazole rings is 1. The van der Waals surface area contributed by atoms with Crippen LogP contribution in [0.4, 0.5) is 10.1 Å². The molecule has 5 nitrogen and oxygen atoms in total. The Morgan fingerprint density at radius 3 is 2.81 bits per heavy atom. The molecule has 0 unspecified atom stereocenters. The van der Waals surface area contributed by atoms with E-state index in [4.69, 9.17) is 16.0 Å². The van der Waals surface area contributed by atoms with Crippen LogP contribution < -0.4 is 11.1 Å². The lowest BCUT2D eigenvalue weighted by Gasteiger charge is -2.06. The summed E-state index contributed by atoms with van der Waals surface area (Å²) in [7, 11) is 0. The number of nitrogens with one attached hydrogen (secondary N) is 2. The van der Waals surface area contributed by atoms with Crippen LogP contribution in [0, 0.1) is 5.82 Å². The van der Waals surface area contributed by atoms with E-state index in [2.05, 4.69) is 10.3 Å². The molecule has 0 atom stereocenters. The number of aromatic nitrogens is 1. The maximum absolute atomic E-state index is 13.0. The maximum atomic E-state index is 13.0. The first-order valence-electron chi connectivity index (χ1n) is 5.92. The molecular formula is C14H8ClFN2O3. The van der Waals surface area contributed by atoms with Crippen molar-refractivity contribution in [3.8, 4) is 0 Å². The van der Waals surface area contributed by atoms with E-state index in [1.165, 1.54) is 24.3 Å². The minimum Gasteiger partial charge on any atom is -0.408 e. The van der Waals surface area contributed by atoms with Gasteiger partial charge < -0.3 is 9.73 Å². The third kappa shape index (κ3) is 2.66. The second-order valence-corrected chi connectivity index (χ2v) is 4.72. The number of fused-ring (bicyclic) bond motifs is 1. The van der Waals surface area contributed by atoms with Crippen molar-refractivity contribution < 1.29 is 13.6 Å². The van der Waals surface area contributed by atoms with Crippen LogP contribution in [0.2, 0.25) is 5.02 Å². The minimum absolute atomic E-state index is 0.0834. The molecule has 3 rings (SSSR count). The Bertz CT molecular complexity index is 901. The van der Waals surface area contributed by atoms with Gasteiger partial charge in [-0.05, 0) is 36.4 Å². The predicted octanol–water partition coefficient (Wildman–Crippen LogP) is 3.17. The van der Waals surface area contributed by atoms with Crippen molar-refractivity contribution in [2.24, 2.45) is 0 Å². The summed E-state index contributed by atoms with van der Waals surface area (Å²) in [5, 5.41) is 2.49. The van der Waals surface area contributed by atoms with Crippen molar-refractivity contribution in [3.05, 3.63) is 63.4 Å². The molecule has 1 aromatic heterocycles.